The molecule has 0 saturated heterocycles. The Morgan fingerprint density at radius 2 is 1.96 bits per heavy atom. The van der Waals surface area contributed by atoms with E-state index in [4.69, 9.17) is 16.3 Å². The van der Waals surface area contributed by atoms with Gasteiger partial charge in [0.2, 0.25) is 5.91 Å². The Morgan fingerprint density at radius 1 is 1.26 bits per heavy atom. The molecule has 23 heavy (non-hydrogen) atoms. The fourth-order valence-electron chi connectivity index (χ4n) is 1.99. The van der Waals surface area contributed by atoms with E-state index in [2.05, 4.69) is 5.32 Å². The molecule has 6 heteroatoms. The van der Waals surface area contributed by atoms with Crippen molar-refractivity contribution in [2.75, 3.05) is 19.4 Å². The summed E-state index contributed by atoms with van der Waals surface area (Å²) < 4.78 is 18.2. The van der Waals surface area contributed by atoms with E-state index in [0.29, 0.717) is 11.6 Å². The molecule has 0 aromatic heterocycles. The molecule has 3 nitrogen and oxygen atoms in total. The minimum absolute atomic E-state index is 0.117. The average Bonchev–Trinajstić information content (AvgIpc) is 2.56. The summed E-state index contributed by atoms with van der Waals surface area (Å²) in [7, 11) is 1.58. The van der Waals surface area contributed by atoms with E-state index in [-0.39, 0.29) is 23.6 Å². The maximum atomic E-state index is 12.8. The van der Waals surface area contributed by atoms with E-state index >= 15 is 0 Å². The lowest BCUT2D eigenvalue weighted by Gasteiger charge is -2.17. The molecule has 0 radical (unpaired) electrons. The summed E-state index contributed by atoms with van der Waals surface area (Å²) >= 11 is 7.49. The number of methoxy groups -OCH3 is 1. The number of nitrogens with one attached hydrogen (secondary N) is 1. The van der Waals surface area contributed by atoms with E-state index in [1.54, 1.807) is 25.3 Å². The molecule has 0 aliphatic rings. The molecule has 0 heterocycles. The highest BCUT2D eigenvalue weighted by Crippen LogP contribution is 2.24. The van der Waals surface area contributed by atoms with Crippen LogP contribution in [0.25, 0.3) is 0 Å². The first-order valence-electron chi connectivity index (χ1n) is 7.02. The topological polar surface area (TPSA) is 38.3 Å². The Labute approximate surface area is 144 Å². The molecule has 122 valence electrons. The fourth-order valence-corrected chi connectivity index (χ4v) is 2.98. The molecule has 1 atom stereocenters. The average molecular weight is 354 g/mol. The van der Waals surface area contributed by atoms with Gasteiger partial charge in [-0.1, -0.05) is 29.8 Å². The van der Waals surface area contributed by atoms with Crippen molar-refractivity contribution in [1.82, 2.24) is 5.32 Å². The van der Waals surface area contributed by atoms with Crippen LogP contribution in [0.2, 0.25) is 5.02 Å². The molecule has 2 aromatic carbocycles. The number of carbonyl (C=O) groups is 1. The summed E-state index contributed by atoms with van der Waals surface area (Å²) in [5, 5.41) is 3.43. The van der Waals surface area contributed by atoms with Crippen LogP contribution in [-0.4, -0.2) is 25.3 Å². The summed E-state index contributed by atoms with van der Waals surface area (Å²) in [6, 6.07) is 13.4. The zero-order valence-electron chi connectivity index (χ0n) is 12.6. The predicted octanol–water partition coefficient (Wildman–Crippen LogP) is 4.08. The van der Waals surface area contributed by atoms with Crippen molar-refractivity contribution in [1.29, 1.82) is 0 Å². The van der Waals surface area contributed by atoms with Gasteiger partial charge in [0.25, 0.3) is 0 Å². The monoisotopic (exact) mass is 353 g/mol. The molecule has 1 amide bonds. The van der Waals surface area contributed by atoms with Crippen LogP contribution >= 0.6 is 23.4 Å². The standard InChI is InChI=1S/C17H17ClFNO2S/c1-22-16(14-4-2-3-5-15(14)18)10-20-17(21)11-23-13-8-6-12(19)7-9-13/h2-9,16H,10-11H2,1H3,(H,20,21). The van der Waals surface area contributed by atoms with Crippen molar-refractivity contribution in [3.8, 4) is 0 Å². The van der Waals surface area contributed by atoms with Crippen molar-refractivity contribution in [2.45, 2.75) is 11.0 Å². The second kappa shape index (κ2) is 8.91. The molecule has 0 spiro atoms. The lowest BCUT2D eigenvalue weighted by Crippen LogP contribution is -2.30. The van der Waals surface area contributed by atoms with Gasteiger partial charge in [0.1, 0.15) is 11.9 Å². The lowest BCUT2D eigenvalue weighted by molar-refractivity contribution is -0.119. The van der Waals surface area contributed by atoms with Crippen LogP contribution in [0.3, 0.4) is 0 Å². The SMILES string of the molecule is COC(CNC(=O)CSc1ccc(F)cc1)c1ccccc1Cl. The van der Waals surface area contributed by atoms with Gasteiger partial charge in [-0.3, -0.25) is 4.79 Å². The van der Waals surface area contributed by atoms with Crippen molar-refractivity contribution >= 4 is 29.3 Å². The van der Waals surface area contributed by atoms with Crippen molar-refractivity contribution in [2.24, 2.45) is 0 Å². The Morgan fingerprint density at radius 3 is 2.61 bits per heavy atom. The zero-order chi connectivity index (χ0) is 16.7. The third-order valence-electron chi connectivity index (χ3n) is 3.20. The molecule has 0 aliphatic carbocycles. The molecule has 0 bridgehead atoms. The molecule has 1 N–H and O–H groups in total. The normalized spacial score (nSPS) is 12.0. The molecular weight excluding hydrogens is 337 g/mol. The van der Waals surface area contributed by atoms with Crippen LogP contribution in [0.15, 0.2) is 53.4 Å². The Balaban J connectivity index is 1.83. The quantitative estimate of drug-likeness (QED) is 0.762. The molecule has 2 aromatic rings. The first kappa shape index (κ1) is 17.8. The van der Waals surface area contributed by atoms with E-state index in [0.717, 1.165) is 10.5 Å². The van der Waals surface area contributed by atoms with Crippen molar-refractivity contribution in [3.63, 3.8) is 0 Å². The lowest BCUT2D eigenvalue weighted by atomic mass is 10.1. The number of benzene rings is 2. The first-order valence-corrected chi connectivity index (χ1v) is 8.39. The van der Waals surface area contributed by atoms with E-state index in [1.807, 2.05) is 18.2 Å². The van der Waals surface area contributed by atoms with E-state index in [9.17, 15) is 9.18 Å². The smallest absolute Gasteiger partial charge is 0.230 e. The second-order valence-corrected chi connectivity index (χ2v) is 6.25. The van der Waals surface area contributed by atoms with Gasteiger partial charge >= 0.3 is 0 Å². The first-order chi connectivity index (χ1) is 11.1. The number of hydrogen-bond acceptors (Lipinski definition) is 3. The van der Waals surface area contributed by atoms with Gasteiger partial charge in [-0.15, -0.1) is 11.8 Å². The van der Waals surface area contributed by atoms with Gasteiger partial charge in [0.05, 0.1) is 5.75 Å². The summed E-state index contributed by atoms with van der Waals surface area (Å²) in [5.41, 5.74) is 0.836. The van der Waals surface area contributed by atoms with Crippen LogP contribution < -0.4 is 5.32 Å². The van der Waals surface area contributed by atoms with Crippen molar-refractivity contribution in [3.05, 3.63) is 64.9 Å². The number of halogens is 2. The molecule has 2 rings (SSSR count). The fraction of sp³-hybridized carbons (Fsp3) is 0.235. The summed E-state index contributed by atoms with van der Waals surface area (Å²) in [6.07, 6.45) is -0.302. The number of ether oxygens (including phenoxy) is 1. The number of amides is 1. The van der Waals surface area contributed by atoms with Crippen molar-refractivity contribution < 1.29 is 13.9 Å². The third-order valence-corrected chi connectivity index (χ3v) is 4.56. The van der Waals surface area contributed by atoms with Gasteiger partial charge in [-0.05, 0) is 30.3 Å². The molecular formula is C17H17ClFNO2S. The summed E-state index contributed by atoms with van der Waals surface area (Å²) in [4.78, 5) is 12.8. The molecule has 0 saturated carbocycles. The Kier molecular flexibility index (Phi) is 6.89. The minimum Gasteiger partial charge on any atom is -0.375 e. The van der Waals surface area contributed by atoms with E-state index < -0.39 is 0 Å². The molecule has 0 fully saturated rings. The highest BCUT2D eigenvalue weighted by molar-refractivity contribution is 8.00. The third kappa shape index (κ3) is 5.53. The molecule has 1 unspecified atom stereocenters. The van der Waals surface area contributed by atoms with Gasteiger partial charge in [0, 0.05) is 29.1 Å². The predicted molar refractivity (Wildman–Crippen MR) is 91.3 cm³/mol. The van der Waals surface area contributed by atoms with Crippen LogP contribution in [-0.2, 0) is 9.53 Å². The van der Waals surface area contributed by atoms with Crippen LogP contribution in [0, 0.1) is 5.82 Å². The minimum atomic E-state index is -0.302. The Hall–Kier alpha value is -1.56. The number of hydrogen-bond donors (Lipinski definition) is 1. The summed E-state index contributed by atoms with van der Waals surface area (Å²) in [5.74, 6) is -0.153. The van der Waals surface area contributed by atoms with Gasteiger partial charge in [-0.2, -0.15) is 0 Å². The second-order valence-electron chi connectivity index (χ2n) is 4.79. The number of rotatable bonds is 7. The number of carbonyl (C=O) groups excluding carboxylic acids is 1. The summed E-state index contributed by atoms with van der Waals surface area (Å²) in [6.45, 7) is 0.336. The number of thioether (sulfide) groups is 1. The van der Waals surface area contributed by atoms with Gasteiger partial charge in [0.15, 0.2) is 0 Å². The van der Waals surface area contributed by atoms with Crippen LogP contribution in [0.1, 0.15) is 11.7 Å². The maximum absolute atomic E-state index is 12.8. The van der Waals surface area contributed by atoms with E-state index in [1.165, 1.54) is 23.9 Å². The highest BCUT2D eigenvalue weighted by atomic mass is 35.5. The largest absolute Gasteiger partial charge is 0.375 e. The van der Waals surface area contributed by atoms with Crippen LogP contribution in [0.4, 0.5) is 4.39 Å². The highest BCUT2D eigenvalue weighted by Gasteiger charge is 2.14. The van der Waals surface area contributed by atoms with Gasteiger partial charge < -0.3 is 10.1 Å². The zero-order valence-corrected chi connectivity index (χ0v) is 14.2. The van der Waals surface area contributed by atoms with Gasteiger partial charge in [-0.25, -0.2) is 4.39 Å². The molecule has 0 aliphatic heterocycles. The van der Waals surface area contributed by atoms with Crippen LogP contribution in [0.5, 0.6) is 0 Å². The Bertz CT molecular complexity index is 651. The maximum Gasteiger partial charge on any atom is 0.230 e.